The molecule has 0 aliphatic carbocycles. The van der Waals surface area contributed by atoms with Gasteiger partial charge >= 0.3 is 0 Å². The number of likely N-dealkylation sites (tertiary alicyclic amines) is 2. The maximum Gasteiger partial charge on any atom is 0.255 e. The standard InChI is InChI=1S/C20H21FN4O3/c21-13-3-4-18-16(8-13)17(12-28-18)20(27)23-14-5-7-24(10-14)11-19(26)25-6-1-2-15(25)9-22/h3-4,8,12,14-15H,1-2,5-7,10-11H2,(H,23,27)/t14-,15?/m0/s1. The van der Waals surface area contributed by atoms with Crippen molar-refractivity contribution in [1.29, 1.82) is 5.26 Å². The molecule has 0 spiro atoms. The van der Waals surface area contributed by atoms with Crippen molar-refractivity contribution in [3.63, 3.8) is 0 Å². The Labute approximate surface area is 161 Å². The van der Waals surface area contributed by atoms with E-state index in [1.807, 2.05) is 4.90 Å². The molecule has 2 fully saturated rings. The summed E-state index contributed by atoms with van der Waals surface area (Å²) in [6, 6.07) is 5.84. The molecule has 2 saturated heterocycles. The molecule has 2 aliphatic heterocycles. The molecule has 1 unspecified atom stereocenters. The molecule has 2 aliphatic rings. The lowest BCUT2D eigenvalue weighted by Gasteiger charge is -2.23. The van der Waals surface area contributed by atoms with Crippen LogP contribution in [0.3, 0.4) is 0 Å². The third kappa shape index (κ3) is 3.58. The zero-order chi connectivity index (χ0) is 19.7. The van der Waals surface area contributed by atoms with Crippen LogP contribution in [-0.2, 0) is 4.79 Å². The number of nitrogens with zero attached hydrogens (tertiary/aromatic N) is 3. The molecular formula is C20H21FN4O3. The third-order valence-electron chi connectivity index (χ3n) is 5.47. The summed E-state index contributed by atoms with van der Waals surface area (Å²) >= 11 is 0. The minimum atomic E-state index is -0.425. The van der Waals surface area contributed by atoms with Crippen molar-refractivity contribution in [3.8, 4) is 6.07 Å². The number of carbonyl (C=O) groups is 2. The van der Waals surface area contributed by atoms with Crippen molar-refractivity contribution < 1.29 is 18.4 Å². The number of fused-ring (bicyclic) bond motifs is 1. The van der Waals surface area contributed by atoms with Gasteiger partial charge in [-0.15, -0.1) is 0 Å². The highest BCUT2D eigenvalue weighted by Gasteiger charge is 2.32. The Hall–Kier alpha value is -2.92. The van der Waals surface area contributed by atoms with E-state index < -0.39 is 5.82 Å². The second kappa shape index (κ2) is 7.60. The summed E-state index contributed by atoms with van der Waals surface area (Å²) in [6.45, 7) is 2.15. The van der Waals surface area contributed by atoms with Crippen LogP contribution < -0.4 is 5.32 Å². The van der Waals surface area contributed by atoms with Crippen molar-refractivity contribution >= 4 is 22.8 Å². The van der Waals surface area contributed by atoms with Crippen LogP contribution in [0.15, 0.2) is 28.9 Å². The normalized spacial score (nSPS) is 22.5. The SMILES string of the molecule is N#CC1CCCN1C(=O)CN1CC[C@H](NC(=O)c2coc3ccc(F)cc23)C1. The van der Waals surface area contributed by atoms with E-state index in [1.165, 1.54) is 24.5 Å². The summed E-state index contributed by atoms with van der Waals surface area (Å²) in [5.74, 6) is -0.773. The van der Waals surface area contributed by atoms with Gasteiger partial charge in [0.1, 0.15) is 23.7 Å². The van der Waals surface area contributed by atoms with Crippen LogP contribution in [0.25, 0.3) is 11.0 Å². The van der Waals surface area contributed by atoms with Gasteiger partial charge in [0.2, 0.25) is 5.91 Å². The molecule has 28 heavy (non-hydrogen) atoms. The fourth-order valence-electron chi connectivity index (χ4n) is 4.02. The quantitative estimate of drug-likeness (QED) is 0.870. The van der Waals surface area contributed by atoms with Gasteiger partial charge in [0.25, 0.3) is 5.91 Å². The van der Waals surface area contributed by atoms with Crippen LogP contribution in [0, 0.1) is 17.1 Å². The van der Waals surface area contributed by atoms with Crippen molar-refractivity contribution in [3.05, 3.63) is 35.8 Å². The summed E-state index contributed by atoms with van der Waals surface area (Å²) in [6.07, 6.45) is 3.66. The first-order valence-corrected chi connectivity index (χ1v) is 9.44. The van der Waals surface area contributed by atoms with E-state index in [2.05, 4.69) is 11.4 Å². The van der Waals surface area contributed by atoms with Crippen LogP contribution in [0.4, 0.5) is 4.39 Å². The molecule has 146 valence electrons. The average molecular weight is 384 g/mol. The first kappa shape index (κ1) is 18.4. The minimum absolute atomic E-state index is 0.0349. The number of nitriles is 1. The van der Waals surface area contributed by atoms with Crippen molar-refractivity contribution in [1.82, 2.24) is 15.1 Å². The summed E-state index contributed by atoms with van der Waals surface area (Å²) in [4.78, 5) is 28.7. The van der Waals surface area contributed by atoms with E-state index in [4.69, 9.17) is 9.68 Å². The fraction of sp³-hybridized carbons (Fsp3) is 0.450. The highest BCUT2D eigenvalue weighted by atomic mass is 19.1. The molecule has 0 radical (unpaired) electrons. The predicted molar refractivity (Wildman–Crippen MR) is 98.8 cm³/mol. The number of amides is 2. The Balaban J connectivity index is 1.34. The van der Waals surface area contributed by atoms with E-state index in [1.54, 1.807) is 4.90 Å². The molecular weight excluding hydrogens is 363 g/mol. The summed E-state index contributed by atoms with van der Waals surface area (Å²) < 4.78 is 18.8. The first-order valence-electron chi connectivity index (χ1n) is 9.44. The highest BCUT2D eigenvalue weighted by molar-refractivity contribution is 6.06. The molecule has 4 rings (SSSR count). The van der Waals surface area contributed by atoms with Crippen LogP contribution in [0.5, 0.6) is 0 Å². The Morgan fingerprint density at radius 1 is 1.32 bits per heavy atom. The van der Waals surface area contributed by atoms with Crippen LogP contribution in [0.1, 0.15) is 29.6 Å². The predicted octanol–water partition coefficient (Wildman–Crippen LogP) is 1.89. The second-order valence-electron chi connectivity index (χ2n) is 7.36. The minimum Gasteiger partial charge on any atom is -0.463 e. The van der Waals surface area contributed by atoms with Crippen LogP contribution >= 0.6 is 0 Å². The number of benzene rings is 1. The average Bonchev–Trinajstić information content (AvgIpc) is 3.40. The Bertz CT molecular complexity index is 951. The van der Waals surface area contributed by atoms with Gasteiger partial charge in [0, 0.05) is 31.1 Å². The summed E-state index contributed by atoms with van der Waals surface area (Å²) in [5.41, 5.74) is 0.765. The number of nitrogens with one attached hydrogen (secondary N) is 1. The number of furan rings is 1. The first-order chi connectivity index (χ1) is 13.5. The summed E-state index contributed by atoms with van der Waals surface area (Å²) in [7, 11) is 0. The molecule has 0 saturated carbocycles. The van der Waals surface area contributed by atoms with Gasteiger partial charge in [-0.2, -0.15) is 5.26 Å². The van der Waals surface area contributed by atoms with E-state index in [0.717, 1.165) is 19.3 Å². The molecule has 7 nitrogen and oxygen atoms in total. The number of carbonyl (C=O) groups excluding carboxylic acids is 2. The Morgan fingerprint density at radius 3 is 3.00 bits per heavy atom. The van der Waals surface area contributed by atoms with Crippen molar-refractivity contribution in [2.45, 2.75) is 31.3 Å². The van der Waals surface area contributed by atoms with E-state index >= 15 is 0 Å². The van der Waals surface area contributed by atoms with Crippen LogP contribution in [0.2, 0.25) is 0 Å². The Morgan fingerprint density at radius 2 is 2.18 bits per heavy atom. The fourth-order valence-corrected chi connectivity index (χ4v) is 4.02. The molecule has 3 heterocycles. The van der Waals surface area contributed by atoms with E-state index in [0.29, 0.717) is 36.2 Å². The molecule has 0 bridgehead atoms. The van der Waals surface area contributed by atoms with Gasteiger partial charge in [-0.3, -0.25) is 14.5 Å². The number of hydrogen-bond donors (Lipinski definition) is 1. The van der Waals surface area contributed by atoms with Gasteiger partial charge < -0.3 is 14.6 Å². The smallest absolute Gasteiger partial charge is 0.255 e. The molecule has 1 N–H and O–H groups in total. The number of rotatable bonds is 4. The summed E-state index contributed by atoms with van der Waals surface area (Å²) in [5, 5.41) is 12.5. The van der Waals surface area contributed by atoms with Crippen molar-refractivity contribution in [2.24, 2.45) is 0 Å². The Kier molecular flexibility index (Phi) is 5.01. The number of halogens is 1. The van der Waals surface area contributed by atoms with Crippen LogP contribution in [-0.4, -0.2) is 59.9 Å². The maximum absolute atomic E-state index is 13.5. The van der Waals surface area contributed by atoms with Gasteiger partial charge in [0.05, 0.1) is 18.2 Å². The van der Waals surface area contributed by atoms with Crippen molar-refractivity contribution in [2.75, 3.05) is 26.2 Å². The van der Waals surface area contributed by atoms with Gasteiger partial charge in [-0.25, -0.2) is 4.39 Å². The zero-order valence-corrected chi connectivity index (χ0v) is 15.4. The van der Waals surface area contributed by atoms with E-state index in [-0.39, 0.29) is 30.4 Å². The maximum atomic E-state index is 13.5. The topological polar surface area (TPSA) is 89.6 Å². The highest BCUT2D eigenvalue weighted by Crippen LogP contribution is 2.23. The van der Waals surface area contributed by atoms with E-state index in [9.17, 15) is 14.0 Å². The zero-order valence-electron chi connectivity index (χ0n) is 15.4. The molecule has 2 amide bonds. The lowest BCUT2D eigenvalue weighted by Crippen LogP contribution is -2.43. The molecule has 2 aromatic rings. The lowest BCUT2D eigenvalue weighted by molar-refractivity contribution is -0.132. The third-order valence-corrected chi connectivity index (χ3v) is 5.47. The second-order valence-corrected chi connectivity index (χ2v) is 7.36. The molecule has 2 atom stereocenters. The molecule has 1 aromatic carbocycles. The van der Waals surface area contributed by atoms with Gasteiger partial charge in [-0.1, -0.05) is 0 Å². The lowest BCUT2D eigenvalue weighted by atomic mass is 10.1. The van der Waals surface area contributed by atoms with Gasteiger partial charge in [0.15, 0.2) is 0 Å². The largest absolute Gasteiger partial charge is 0.463 e. The number of hydrogen-bond acceptors (Lipinski definition) is 5. The monoisotopic (exact) mass is 384 g/mol. The molecule has 1 aromatic heterocycles. The molecule has 8 heteroatoms. The van der Waals surface area contributed by atoms with Gasteiger partial charge in [-0.05, 0) is 37.5 Å².